The maximum absolute atomic E-state index is 11.7. The van der Waals surface area contributed by atoms with Crippen LogP contribution in [0.15, 0.2) is 18.2 Å². The number of ether oxygens (including phenoxy) is 1. The number of anilines is 1. The maximum atomic E-state index is 11.7. The number of nitrogens with zero attached hydrogens (tertiary/aromatic N) is 1. The van der Waals surface area contributed by atoms with Crippen LogP contribution in [0.1, 0.15) is 26.7 Å². The second-order valence-electron chi connectivity index (χ2n) is 5.25. The monoisotopic (exact) mass is 267 g/mol. The number of halogens is 1. The van der Waals surface area contributed by atoms with Crippen LogP contribution in [0.25, 0.3) is 0 Å². The first-order valence-electron chi connectivity index (χ1n) is 6.07. The Balaban J connectivity index is 2.45. The molecule has 0 N–H and O–H groups in total. The molecule has 1 aliphatic rings. The molecule has 1 saturated heterocycles. The fourth-order valence-corrected chi connectivity index (χ4v) is 2.50. The average molecular weight is 268 g/mol. The van der Waals surface area contributed by atoms with Crippen LogP contribution in [-0.2, 0) is 4.79 Å². The molecule has 98 valence electrons. The normalized spacial score (nSPS) is 18.9. The van der Waals surface area contributed by atoms with Gasteiger partial charge in [-0.15, -0.1) is 0 Å². The summed E-state index contributed by atoms with van der Waals surface area (Å²) in [6, 6.07) is 5.50. The average Bonchev–Trinajstić information content (AvgIpc) is 2.32. The number of piperidine rings is 1. The number of methoxy groups -OCH3 is 1. The molecule has 1 heterocycles. The zero-order valence-electron chi connectivity index (χ0n) is 11.0. The van der Waals surface area contributed by atoms with Gasteiger partial charge in [-0.3, -0.25) is 4.79 Å². The molecule has 2 rings (SSSR count). The summed E-state index contributed by atoms with van der Waals surface area (Å²) in [7, 11) is 1.63. The van der Waals surface area contributed by atoms with Crippen LogP contribution in [0, 0.1) is 0 Å². The molecule has 0 spiro atoms. The molecule has 0 amide bonds. The van der Waals surface area contributed by atoms with Crippen molar-refractivity contribution in [1.29, 1.82) is 0 Å². The van der Waals surface area contributed by atoms with Crippen LogP contribution in [0.5, 0.6) is 5.75 Å². The summed E-state index contributed by atoms with van der Waals surface area (Å²) in [5.41, 5.74) is 0.828. The molecule has 0 atom stereocenters. The van der Waals surface area contributed by atoms with E-state index in [1.165, 1.54) is 0 Å². The third-order valence-electron chi connectivity index (χ3n) is 3.51. The predicted molar refractivity (Wildman–Crippen MR) is 73.7 cm³/mol. The Hall–Kier alpha value is -1.22. The molecule has 0 bridgehead atoms. The van der Waals surface area contributed by atoms with E-state index in [-0.39, 0.29) is 11.3 Å². The zero-order valence-corrected chi connectivity index (χ0v) is 11.8. The van der Waals surface area contributed by atoms with E-state index in [9.17, 15) is 4.79 Å². The Morgan fingerprint density at radius 2 is 2.11 bits per heavy atom. The number of hydrogen-bond acceptors (Lipinski definition) is 3. The fraction of sp³-hybridized carbons (Fsp3) is 0.500. The first kappa shape index (κ1) is 13.2. The van der Waals surface area contributed by atoms with Crippen molar-refractivity contribution in [3.05, 3.63) is 23.2 Å². The lowest BCUT2D eigenvalue weighted by Crippen LogP contribution is -2.51. The van der Waals surface area contributed by atoms with E-state index < -0.39 is 0 Å². The van der Waals surface area contributed by atoms with Crippen molar-refractivity contribution in [2.75, 3.05) is 18.6 Å². The van der Waals surface area contributed by atoms with E-state index in [0.717, 1.165) is 17.9 Å². The molecule has 0 aromatic heterocycles. The minimum absolute atomic E-state index is 0.0636. The van der Waals surface area contributed by atoms with Crippen molar-refractivity contribution in [2.45, 2.75) is 32.2 Å². The highest BCUT2D eigenvalue weighted by atomic mass is 35.5. The molecule has 0 unspecified atom stereocenters. The number of carbonyl (C=O) groups excluding carboxylic acids is 1. The van der Waals surface area contributed by atoms with Crippen LogP contribution < -0.4 is 9.64 Å². The topological polar surface area (TPSA) is 29.5 Å². The second kappa shape index (κ2) is 4.81. The highest BCUT2D eigenvalue weighted by Crippen LogP contribution is 2.38. The van der Waals surface area contributed by atoms with Crippen LogP contribution in [0.2, 0.25) is 5.02 Å². The SMILES string of the molecule is COc1ccc(Cl)cc1N1CC(=O)CCC1(C)C. The summed E-state index contributed by atoms with van der Waals surface area (Å²) in [5, 5.41) is 0.652. The highest BCUT2D eigenvalue weighted by molar-refractivity contribution is 6.31. The summed E-state index contributed by atoms with van der Waals surface area (Å²) in [6.45, 7) is 4.70. The van der Waals surface area contributed by atoms with Crippen LogP contribution in [0.4, 0.5) is 5.69 Å². The summed E-state index contributed by atoms with van der Waals surface area (Å²) in [5.74, 6) is 1.01. The lowest BCUT2D eigenvalue weighted by Gasteiger charge is -2.43. The standard InChI is InChI=1S/C14H18ClNO2/c1-14(2)7-6-11(17)9-16(14)12-8-10(15)4-5-13(12)18-3/h4-5,8H,6-7,9H2,1-3H3. The van der Waals surface area contributed by atoms with Crippen molar-refractivity contribution in [2.24, 2.45) is 0 Å². The molecule has 1 aromatic carbocycles. The molecular formula is C14H18ClNO2. The number of hydrogen-bond donors (Lipinski definition) is 0. The molecule has 3 nitrogen and oxygen atoms in total. The Morgan fingerprint density at radius 3 is 2.78 bits per heavy atom. The van der Waals surface area contributed by atoms with Crippen molar-refractivity contribution in [1.82, 2.24) is 0 Å². The van der Waals surface area contributed by atoms with Crippen molar-refractivity contribution in [3.8, 4) is 5.75 Å². The van der Waals surface area contributed by atoms with Crippen molar-refractivity contribution in [3.63, 3.8) is 0 Å². The lowest BCUT2D eigenvalue weighted by atomic mass is 9.89. The van der Waals surface area contributed by atoms with Gasteiger partial charge in [0.25, 0.3) is 0 Å². The number of Topliss-reactive ketones (excluding diaryl/α,β-unsaturated/α-hetero) is 1. The Kier molecular flexibility index (Phi) is 3.53. The Bertz CT molecular complexity index is 471. The summed E-state index contributed by atoms with van der Waals surface area (Å²) in [6.07, 6.45) is 1.49. The van der Waals surface area contributed by atoms with Crippen LogP contribution in [0.3, 0.4) is 0 Å². The lowest BCUT2D eigenvalue weighted by molar-refractivity contribution is -0.119. The number of benzene rings is 1. The van der Waals surface area contributed by atoms with E-state index in [4.69, 9.17) is 16.3 Å². The molecule has 1 aromatic rings. The third-order valence-corrected chi connectivity index (χ3v) is 3.75. The molecular weight excluding hydrogens is 250 g/mol. The number of carbonyl (C=O) groups is 1. The molecule has 4 heteroatoms. The van der Waals surface area contributed by atoms with Gasteiger partial charge in [0, 0.05) is 17.0 Å². The van der Waals surface area contributed by atoms with Gasteiger partial charge >= 0.3 is 0 Å². The smallest absolute Gasteiger partial charge is 0.152 e. The highest BCUT2D eigenvalue weighted by Gasteiger charge is 2.34. The molecule has 0 radical (unpaired) electrons. The molecule has 1 fully saturated rings. The van der Waals surface area contributed by atoms with E-state index in [2.05, 4.69) is 18.7 Å². The minimum Gasteiger partial charge on any atom is -0.495 e. The Labute approximate surface area is 113 Å². The Morgan fingerprint density at radius 1 is 1.39 bits per heavy atom. The fourth-order valence-electron chi connectivity index (χ4n) is 2.34. The third kappa shape index (κ3) is 2.46. The van der Waals surface area contributed by atoms with Crippen molar-refractivity contribution < 1.29 is 9.53 Å². The van der Waals surface area contributed by atoms with Gasteiger partial charge in [0.15, 0.2) is 5.78 Å². The summed E-state index contributed by atoms with van der Waals surface area (Å²) < 4.78 is 5.37. The van der Waals surface area contributed by atoms with Gasteiger partial charge in [0.2, 0.25) is 0 Å². The number of ketones is 1. The van der Waals surface area contributed by atoms with Crippen LogP contribution >= 0.6 is 11.6 Å². The van der Waals surface area contributed by atoms with E-state index in [0.29, 0.717) is 18.0 Å². The minimum atomic E-state index is -0.0636. The maximum Gasteiger partial charge on any atom is 0.152 e. The largest absolute Gasteiger partial charge is 0.495 e. The van der Waals surface area contributed by atoms with Gasteiger partial charge in [0.05, 0.1) is 19.3 Å². The van der Waals surface area contributed by atoms with Gasteiger partial charge in [-0.1, -0.05) is 11.6 Å². The van der Waals surface area contributed by atoms with Gasteiger partial charge in [-0.05, 0) is 38.5 Å². The van der Waals surface area contributed by atoms with Crippen LogP contribution in [-0.4, -0.2) is 25.0 Å². The molecule has 0 saturated carbocycles. The number of rotatable bonds is 2. The molecule has 1 aliphatic heterocycles. The van der Waals surface area contributed by atoms with E-state index in [1.807, 2.05) is 12.1 Å². The van der Waals surface area contributed by atoms with Gasteiger partial charge in [-0.2, -0.15) is 0 Å². The first-order valence-corrected chi connectivity index (χ1v) is 6.45. The quantitative estimate of drug-likeness (QED) is 0.823. The molecule has 18 heavy (non-hydrogen) atoms. The first-order chi connectivity index (χ1) is 8.44. The second-order valence-corrected chi connectivity index (χ2v) is 5.69. The van der Waals surface area contributed by atoms with E-state index >= 15 is 0 Å². The predicted octanol–water partition coefficient (Wildman–Crippen LogP) is 3.30. The molecule has 0 aliphatic carbocycles. The zero-order chi connectivity index (χ0) is 13.3. The van der Waals surface area contributed by atoms with E-state index in [1.54, 1.807) is 13.2 Å². The summed E-state index contributed by atoms with van der Waals surface area (Å²) in [4.78, 5) is 13.8. The summed E-state index contributed by atoms with van der Waals surface area (Å²) >= 11 is 6.06. The van der Waals surface area contributed by atoms with Crippen molar-refractivity contribution >= 4 is 23.1 Å². The van der Waals surface area contributed by atoms with Gasteiger partial charge in [-0.25, -0.2) is 0 Å². The van der Waals surface area contributed by atoms with Gasteiger partial charge in [0.1, 0.15) is 5.75 Å². The van der Waals surface area contributed by atoms with Gasteiger partial charge < -0.3 is 9.64 Å².